The molecule has 0 heterocycles. The Labute approximate surface area is 81.3 Å². The van der Waals surface area contributed by atoms with E-state index in [1.54, 1.807) is 7.05 Å². The number of phosphoric acid groups is 1. The van der Waals surface area contributed by atoms with Gasteiger partial charge in [-0.05, 0) is 7.05 Å². The fraction of sp³-hybridized carbons (Fsp3) is 0.667. The van der Waals surface area contributed by atoms with E-state index in [4.69, 9.17) is 4.89 Å². The highest BCUT2D eigenvalue weighted by atomic mass is 31.2. The van der Waals surface area contributed by atoms with E-state index in [-0.39, 0.29) is 19.7 Å². The molecule has 0 amide bonds. The first-order chi connectivity index (χ1) is 6.62. The monoisotopic (exact) mass is 226 g/mol. The first kappa shape index (κ1) is 13.4. The van der Waals surface area contributed by atoms with Crippen LogP contribution in [0.25, 0.3) is 0 Å². The number of carbonyl (C=O) groups is 1. The summed E-state index contributed by atoms with van der Waals surface area (Å²) in [5, 5.41) is 2.73. The molecule has 0 fully saturated rings. The Hall–Kier alpha value is -0.590. The molecule has 0 saturated carbocycles. The highest BCUT2D eigenvalue weighted by molar-refractivity contribution is 7.47. The number of carbonyl (C=O) groups excluding carboxylic acids is 2. The van der Waals surface area contributed by atoms with E-state index >= 15 is 0 Å². The highest BCUT2D eigenvalue weighted by Gasteiger charge is 2.20. The number of rotatable bonds is 8. The van der Waals surface area contributed by atoms with E-state index in [1.807, 2.05) is 0 Å². The number of likely N-dealkylation sites (N-methyl/N-ethyl adjacent to an activating group) is 1. The van der Waals surface area contributed by atoms with Gasteiger partial charge in [0.15, 0.2) is 0 Å². The first-order valence-corrected chi connectivity index (χ1v) is 5.29. The fourth-order valence-electron chi connectivity index (χ4n) is 0.504. The van der Waals surface area contributed by atoms with Gasteiger partial charge in [-0.2, -0.15) is 0 Å². The maximum Gasteiger partial charge on any atom is 0.568 e. The van der Waals surface area contributed by atoms with Crippen LogP contribution >= 0.6 is 7.82 Å². The molecular weight excluding hydrogens is 213 g/mol. The van der Waals surface area contributed by atoms with Gasteiger partial charge in [0, 0.05) is 11.3 Å². The van der Waals surface area contributed by atoms with Crippen LogP contribution in [0, 0.1) is 0 Å². The summed E-state index contributed by atoms with van der Waals surface area (Å²) in [6.45, 7) is 0.362. The van der Waals surface area contributed by atoms with Gasteiger partial charge in [0.1, 0.15) is 6.61 Å². The smallest absolute Gasteiger partial charge is 0.317 e. The third-order valence-electron chi connectivity index (χ3n) is 1.06. The molecule has 2 N–H and O–H groups in total. The Morgan fingerprint density at radius 1 is 1.57 bits per heavy atom. The zero-order valence-corrected chi connectivity index (χ0v) is 8.61. The normalized spacial score (nSPS) is 15.6. The number of hydrogen-bond donors (Lipinski definition) is 2. The van der Waals surface area contributed by atoms with Crippen molar-refractivity contribution in [3.05, 3.63) is 0 Å². The molecule has 1 atom stereocenters. The Bertz CT molecular complexity index is 230. The molecule has 0 aromatic carbocycles. The lowest BCUT2D eigenvalue weighted by Crippen LogP contribution is -2.14. The SMILES string of the molecule is CNCCOP(=O)(O)OCC=[O+]C=O. The maximum atomic E-state index is 11.0. The van der Waals surface area contributed by atoms with E-state index in [1.165, 1.54) is 0 Å². The molecule has 0 saturated heterocycles. The second kappa shape index (κ2) is 7.78. The number of phosphoric ester groups is 1. The lowest BCUT2D eigenvalue weighted by atomic mass is 10.7. The summed E-state index contributed by atoms with van der Waals surface area (Å²) in [5.41, 5.74) is 0. The van der Waals surface area contributed by atoms with Crippen molar-refractivity contribution in [3.63, 3.8) is 0 Å². The van der Waals surface area contributed by atoms with Crippen LogP contribution in [0.15, 0.2) is 0 Å². The van der Waals surface area contributed by atoms with Crippen molar-refractivity contribution in [1.82, 2.24) is 5.32 Å². The molecule has 8 heteroatoms. The van der Waals surface area contributed by atoms with E-state index in [2.05, 4.69) is 18.8 Å². The quantitative estimate of drug-likeness (QED) is 0.244. The molecule has 0 aromatic rings. The van der Waals surface area contributed by atoms with Crippen LogP contribution in [0.5, 0.6) is 0 Å². The molecule has 14 heavy (non-hydrogen) atoms. The van der Waals surface area contributed by atoms with Crippen LogP contribution in [-0.4, -0.2) is 44.5 Å². The molecule has 1 unspecified atom stereocenters. The third-order valence-corrected chi connectivity index (χ3v) is 2.05. The zero-order valence-electron chi connectivity index (χ0n) is 7.71. The zero-order chi connectivity index (χ0) is 10.9. The molecule has 7 nitrogen and oxygen atoms in total. The van der Waals surface area contributed by atoms with Crippen molar-refractivity contribution in [2.24, 2.45) is 0 Å². The molecular formula is C6H13NO6P+. The van der Waals surface area contributed by atoms with Gasteiger partial charge in [0.25, 0.3) is 0 Å². The van der Waals surface area contributed by atoms with E-state index in [0.29, 0.717) is 6.54 Å². The van der Waals surface area contributed by atoms with Crippen molar-refractivity contribution < 1.29 is 27.7 Å². The van der Waals surface area contributed by atoms with Crippen LogP contribution in [-0.2, 0) is 22.8 Å². The molecule has 0 bridgehead atoms. The summed E-state index contributed by atoms with van der Waals surface area (Å²) in [6, 6.07) is 0. The second-order valence-corrected chi connectivity index (χ2v) is 3.55. The third kappa shape index (κ3) is 8.03. The summed E-state index contributed by atoms with van der Waals surface area (Å²) in [6.07, 6.45) is 0.942. The average Bonchev–Trinajstić information content (AvgIpc) is 2.13. The van der Waals surface area contributed by atoms with Crippen molar-refractivity contribution in [3.8, 4) is 0 Å². The molecule has 0 aliphatic heterocycles. The Morgan fingerprint density at radius 2 is 2.29 bits per heavy atom. The van der Waals surface area contributed by atoms with E-state index < -0.39 is 7.82 Å². The van der Waals surface area contributed by atoms with Crippen LogP contribution in [0.2, 0.25) is 0 Å². The van der Waals surface area contributed by atoms with Crippen LogP contribution < -0.4 is 5.32 Å². The average molecular weight is 226 g/mol. The number of aldehydes is 1. The van der Waals surface area contributed by atoms with Gasteiger partial charge < -0.3 is 10.2 Å². The Balaban J connectivity index is 3.66. The van der Waals surface area contributed by atoms with E-state index in [9.17, 15) is 9.36 Å². The predicted molar refractivity (Wildman–Crippen MR) is 47.8 cm³/mol. The summed E-state index contributed by atoms with van der Waals surface area (Å²) in [4.78, 5) is 18.6. The van der Waals surface area contributed by atoms with Crippen LogP contribution in [0.3, 0.4) is 0 Å². The van der Waals surface area contributed by atoms with Crippen molar-refractivity contribution in [2.45, 2.75) is 0 Å². The first-order valence-electron chi connectivity index (χ1n) is 3.79. The van der Waals surface area contributed by atoms with Gasteiger partial charge in [-0.3, -0.25) is 13.5 Å². The second-order valence-electron chi connectivity index (χ2n) is 2.10. The van der Waals surface area contributed by atoms with E-state index in [0.717, 1.165) is 6.29 Å². The van der Waals surface area contributed by atoms with Gasteiger partial charge in [-0.1, -0.05) is 0 Å². The summed E-state index contributed by atoms with van der Waals surface area (Å²) in [5.74, 6) is 0. The molecule has 0 aromatic heterocycles. The summed E-state index contributed by atoms with van der Waals surface area (Å²) < 4.78 is 24.0. The minimum atomic E-state index is -4.03. The van der Waals surface area contributed by atoms with Crippen LogP contribution in [0.1, 0.15) is 0 Å². The van der Waals surface area contributed by atoms with Crippen LogP contribution in [0.4, 0.5) is 0 Å². The van der Waals surface area contributed by atoms with Gasteiger partial charge in [-0.25, -0.2) is 4.57 Å². The molecule has 0 spiro atoms. The minimum absolute atomic E-state index is 0.0544. The topological polar surface area (TPSA) is 96.2 Å². The van der Waals surface area contributed by atoms with Gasteiger partial charge >= 0.3 is 14.3 Å². The largest absolute Gasteiger partial charge is 0.568 e. The van der Waals surface area contributed by atoms with Gasteiger partial charge in [0.05, 0.1) is 6.61 Å². The molecule has 0 aliphatic carbocycles. The Kier molecular flexibility index (Phi) is 7.45. The maximum absolute atomic E-state index is 11.0. The van der Waals surface area contributed by atoms with Gasteiger partial charge in [-0.15, -0.1) is 0 Å². The van der Waals surface area contributed by atoms with Gasteiger partial charge in [0.2, 0.25) is 6.29 Å². The molecule has 82 valence electrons. The standard InChI is InChI=1S/C6H12NO6P/c1-7-2-3-12-14(9,10)13-5-4-11-6-8/h4,6-7H,2-3,5H2,1H3/p+1. The molecule has 0 rings (SSSR count). The Morgan fingerprint density at radius 3 is 2.86 bits per heavy atom. The number of nitrogens with one attached hydrogen (secondary N) is 1. The lowest BCUT2D eigenvalue weighted by molar-refractivity contribution is -0.354. The van der Waals surface area contributed by atoms with Crippen molar-refractivity contribution >= 4 is 20.6 Å². The predicted octanol–water partition coefficient (Wildman–Crippen LogP) is -0.770. The highest BCUT2D eigenvalue weighted by Crippen LogP contribution is 2.42. The number of hydrogen-bond acceptors (Lipinski definition) is 5. The summed E-state index contributed by atoms with van der Waals surface area (Å²) >= 11 is 0. The molecule has 0 aliphatic rings. The summed E-state index contributed by atoms with van der Waals surface area (Å²) in [7, 11) is -2.35. The minimum Gasteiger partial charge on any atom is -0.317 e. The van der Waals surface area contributed by atoms with Crippen molar-refractivity contribution in [1.29, 1.82) is 0 Å². The molecule has 0 radical (unpaired) electrons. The lowest BCUT2D eigenvalue weighted by Gasteiger charge is -2.09. The van der Waals surface area contributed by atoms with Crippen molar-refractivity contribution in [2.75, 3.05) is 26.8 Å². The fourth-order valence-corrected chi connectivity index (χ4v) is 1.15.